The standard InChI is InChI=1S/C10H16N4O4S/c1-19-5-3-7(9(15)16)13-10(17)11-4-2-8-12-6-18-14-8/h6-7H,2-5H2,1H3,(H,15,16)(H2,11,13,17)/t7-/m0/s1. The lowest BCUT2D eigenvalue weighted by Gasteiger charge is -2.14. The van der Waals surface area contributed by atoms with Crippen molar-refractivity contribution >= 4 is 23.8 Å². The number of aliphatic carboxylic acids is 1. The van der Waals surface area contributed by atoms with Crippen molar-refractivity contribution < 1.29 is 19.2 Å². The van der Waals surface area contributed by atoms with Crippen LogP contribution >= 0.6 is 11.8 Å². The topological polar surface area (TPSA) is 117 Å². The first kappa shape index (κ1) is 15.3. The molecule has 106 valence electrons. The van der Waals surface area contributed by atoms with E-state index in [1.807, 2.05) is 6.26 Å². The second-order valence-electron chi connectivity index (χ2n) is 3.67. The molecule has 3 N–H and O–H groups in total. The van der Waals surface area contributed by atoms with Crippen LogP contribution in [0.1, 0.15) is 12.2 Å². The second kappa shape index (κ2) is 8.35. The van der Waals surface area contributed by atoms with Crippen LogP contribution in [0.4, 0.5) is 4.79 Å². The number of carboxylic acid groups (broad SMARTS) is 1. The first-order chi connectivity index (χ1) is 9.13. The summed E-state index contributed by atoms with van der Waals surface area (Å²) in [7, 11) is 0. The Hall–Kier alpha value is -1.77. The van der Waals surface area contributed by atoms with Crippen molar-refractivity contribution in [1.82, 2.24) is 20.8 Å². The Labute approximate surface area is 114 Å². The summed E-state index contributed by atoms with van der Waals surface area (Å²) in [6, 6.07) is -1.39. The lowest BCUT2D eigenvalue weighted by Crippen LogP contribution is -2.46. The van der Waals surface area contributed by atoms with Gasteiger partial charge in [0.25, 0.3) is 0 Å². The first-order valence-corrected chi connectivity index (χ1v) is 7.04. The molecule has 1 rings (SSSR count). The molecule has 0 saturated carbocycles. The summed E-state index contributed by atoms with van der Waals surface area (Å²) in [5, 5.41) is 17.5. The van der Waals surface area contributed by atoms with Crippen LogP contribution in [0.15, 0.2) is 10.9 Å². The molecule has 2 amide bonds. The third-order valence-electron chi connectivity index (χ3n) is 2.26. The number of nitrogens with one attached hydrogen (secondary N) is 2. The average molecular weight is 288 g/mol. The molecule has 0 aliphatic carbocycles. The van der Waals surface area contributed by atoms with Crippen LogP contribution in [0, 0.1) is 0 Å². The molecule has 0 spiro atoms. The lowest BCUT2D eigenvalue weighted by molar-refractivity contribution is -0.139. The van der Waals surface area contributed by atoms with E-state index in [9.17, 15) is 9.59 Å². The Balaban J connectivity index is 2.25. The molecule has 0 saturated heterocycles. The van der Waals surface area contributed by atoms with E-state index in [1.165, 1.54) is 18.2 Å². The van der Waals surface area contributed by atoms with E-state index in [0.717, 1.165) is 0 Å². The zero-order valence-corrected chi connectivity index (χ0v) is 11.3. The van der Waals surface area contributed by atoms with Gasteiger partial charge >= 0.3 is 12.0 Å². The molecule has 9 heteroatoms. The maximum Gasteiger partial charge on any atom is 0.326 e. The molecule has 8 nitrogen and oxygen atoms in total. The minimum Gasteiger partial charge on any atom is -0.480 e. The quantitative estimate of drug-likeness (QED) is 0.621. The highest BCUT2D eigenvalue weighted by atomic mass is 32.2. The normalized spacial score (nSPS) is 11.8. The second-order valence-corrected chi connectivity index (χ2v) is 4.66. The van der Waals surface area contributed by atoms with Crippen LogP contribution in [-0.2, 0) is 11.2 Å². The Morgan fingerprint density at radius 1 is 1.58 bits per heavy atom. The number of hydrogen-bond donors (Lipinski definition) is 3. The predicted octanol–water partition coefficient (Wildman–Crippen LogP) is 0.118. The Morgan fingerprint density at radius 2 is 2.37 bits per heavy atom. The molecular weight excluding hydrogens is 272 g/mol. The zero-order chi connectivity index (χ0) is 14.1. The van der Waals surface area contributed by atoms with Gasteiger partial charge in [-0.25, -0.2) is 9.59 Å². The summed E-state index contributed by atoms with van der Waals surface area (Å²) in [6.07, 6.45) is 3.89. The summed E-state index contributed by atoms with van der Waals surface area (Å²) >= 11 is 1.53. The highest BCUT2D eigenvalue weighted by molar-refractivity contribution is 7.98. The summed E-state index contributed by atoms with van der Waals surface area (Å²) < 4.78 is 4.54. The minimum absolute atomic E-state index is 0.306. The predicted molar refractivity (Wildman–Crippen MR) is 69.0 cm³/mol. The van der Waals surface area contributed by atoms with Gasteiger partial charge in [-0.3, -0.25) is 0 Å². The van der Waals surface area contributed by atoms with E-state index >= 15 is 0 Å². The van der Waals surface area contributed by atoms with E-state index in [2.05, 4.69) is 25.3 Å². The SMILES string of the molecule is CSCC[C@H](NC(=O)NCCc1ncon1)C(=O)O. The Kier molecular flexibility index (Phi) is 6.72. The third kappa shape index (κ3) is 6.09. The number of nitrogens with zero attached hydrogens (tertiary/aromatic N) is 2. The lowest BCUT2D eigenvalue weighted by atomic mass is 10.2. The molecule has 0 aliphatic rings. The van der Waals surface area contributed by atoms with Crippen LogP contribution in [-0.4, -0.2) is 51.8 Å². The van der Waals surface area contributed by atoms with Gasteiger partial charge in [0.1, 0.15) is 6.04 Å². The summed E-state index contributed by atoms with van der Waals surface area (Å²) in [5.74, 6) is 0.111. The van der Waals surface area contributed by atoms with Gasteiger partial charge in [-0.05, 0) is 18.4 Å². The van der Waals surface area contributed by atoms with Gasteiger partial charge in [0.15, 0.2) is 5.82 Å². The molecule has 0 radical (unpaired) electrons. The van der Waals surface area contributed by atoms with Crippen molar-refractivity contribution in [2.75, 3.05) is 18.6 Å². The van der Waals surface area contributed by atoms with Crippen LogP contribution < -0.4 is 10.6 Å². The number of amides is 2. The fourth-order valence-corrected chi connectivity index (χ4v) is 1.76. The van der Waals surface area contributed by atoms with Crippen molar-refractivity contribution in [2.45, 2.75) is 18.9 Å². The maximum atomic E-state index is 11.5. The molecule has 1 atom stereocenters. The van der Waals surface area contributed by atoms with Crippen molar-refractivity contribution in [3.8, 4) is 0 Å². The van der Waals surface area contributed by atoms with Gasteiger partial charge in [-0.15, -0.1) is 0 Å². The number of carboxylic acids is 1. The van der Waals surface area contributed by atoms with Gasteiger partial charge in [-0.2, -0.15) is 16.7 Å². The number of carbonyl (C=O) groups excluding carboxylic acids is 1. The Morgan fingerprint density at radius 3 is 2.95 bits per heavy atom. The maximum absolute atomic E-state index is 11.5. The minimum atomic E-state index is -1.04. The van der Waals surface area contributed by atoms with E-state index < -0.39 is 18.0 Å². The van der Waals surface area contributed by atoms with Crippen LogP contribution in [0.5, 0.6) is 0 Å². The first-order valence-electron chi connectivity index (χ1n) is 5.65. The van der Waals surface area contributed by atoms with Crippen LogP contribution in [0.25, 0.3) is 0 Å². The van der Waals surface area contributed by atoms with E-state index in [4.69, 9.17) is 5.11 Å². The van der Waals surface area contributed by atoms with Crippen LogP contribution in [0.3, 0.4) is 0 Å². The van der Waals surface area contributed by atoms with Crippen LogP contribution in [0.2, 0.25) is 0 Å². The molecule has 0 bridgehead atoms. The largest absolute Gasteiger partial charge is 0.480 e. The summed E-state index contributed by atoms with van der Waals surface area (Å²) in [6.45, 7) is 0.306. The summed E-state index contributed by atoms with van der Waals surface area (Å²) in [4.78, 5) is 26.2. The molecule has 1 aromatic rings. The summed E-state index contributed by atoms with van der Waals surface area (Å²) in [5.41, 5.74) is 0. The van der Waals surface area contributed by atoms with Crippen molar-refractivity contribution in [3.05, 3.63) is 12.2 Å². The zero-order valence-electron chi connectivity index (χ0n) is 10.5. The fraction of sp³-hybridized carbons (Fsp3) is 0.600. The highest BCUT2D eigenvalue weighted by Gasteiger charge is 2.18. The fourth-order valence-electron chi connectivity index (χ4n) is 1.29. The molecule has 0 unspecified atom stereocenters. The van der Waals surface area contributed by atoms with Gasteiger partial charge in [-0.1, -0.05) is 5.16 Å². The number of hydrogen-bond acceptors (Lipinski definition) is 6. The van der Waals surface area contributed by atoms with Crippen molar-refractivity contribution in [2.24, 2.45) is 0 Å². The van der Waals surface area contributed by atoms with Crippen molar-refractivity contribution in [3.63, 3.8) is 0 Å². The van der Waals surface area contributed by atoms with E-state index in [1.54, 1.807) is 0 Å². The highest BCUT2D eigenvalue weighted by Crippen LogP contribution is 2.00. The monoisotopic (exact) mass is 288 g/mol. The smallest absolute Gasteiger partial charge is 0.326 e. The molecule has 1 aromatic heterocycles. The molecule has 0 aliphatic heterocycles. The van der Waals surface area contributed by atoms with Crippen molar-refractivity contribution in [1.29, 1.82) is 0 Å². The molecule has 0 fully saturated rings. The number of carbonyl (C=O) groups is 2. The van der Waals surface area contributed by atoms with Gasteiger partial charge in [0.2, 0.25) is 6.39 Å². The number of aromatic nitrogens is 2. The van der Waals surface area contributed by atoms with E-state index in [0.29, 0.717) is 31.0 Å². The Bertz CT molecular complexity index is 398. The number of rotatable bonds is 8. The number of thioether (sulfide) groups is 1. The molecule has 0 aromatic carbocycles. The van der Waals surface area contributed by atoms with Gasteiger partial charge in [0, 0.05) is 13.0 Å². The number of urea groups is 1. The molecular formula is C10H16N4O4S. The molecule has 19 heavy (non-hydrogen) atoms. The molecule has 1 heterocycles. The van der Waals surface area contributed by atoms with Gasteiger partial charge < -0.3 is 20.3 Å². The van der Waals surface area contributed by atoms with Gasteiger partial charge in [0.05, 0.1) is 0 Å². The van der Waals surface area contributed by atoms with E-state index in [-0.39, 0.29) is 0 Å². The average Bonchev–Trinajstić information content (AvgIpc) is 2.87. The third-order valence-corrected chi connectivity index (χ3v) is 2.90.